The molecule has 1 rings (SSSR count). The van der Waals surface area contributed by atoms with Crippen molar-refractivity contribution in [2.24, 2.45) is 0 Å². The van der Waals surface area contributed by atoms with E-state index in [2.05, 4.69) is 4.74 Å². The number of halogens is 1. The Bertz CT molecular complexity index is 302. The van der Waals surface area contributed by atoms with Crippen molar-refractivity contribution in [3.05, 3.63) is 25.9 Å². The van der Waals surface area contributed by atoms with E-state index in [1.54, 1.807) is 12.3 Å². The van der Waals surface area contributed by atoms with E-state index in [4.69, 9.17) is 11.6 Å². The lowest BCUT2D eigenvalue weighted by atomic mass is 10.6. The molecule has 0 saturated carbocycles. The van der Waals surface area contributed by atoms with Crippen LogP contribution in [-0.4, -0.2) is 18.0 Å². The Hall–Kier alpha value is -1.14. The molecule has 0 unspecified atom stereocenters. The zero-order chi connectivity index (χ0) is 11.0. The van der Waals surface area contributed by atoms with Crippen LogP contribution in [0.3, 0.4) is 0 Å². The Labute approximate surface area is 89.4 Å². The lowest BCUT2D eigenvalue weighted by Crippen LogP contribution is -1.83. The smallest absolute Gasteiger partial charge is 0.298 e. The molecule has 0 saturated heterocycles. The molecular formula is C7H8ClNO4S. The zero-order valence-corrected chi connectivity index (χ0v) is 8.88. The van der Waals surface area contributed by atoms with Gasteiger partial charge in [0.2, 0.25) is 0 Å². The number of carbonyl (C=O) groups is 1. The summed E-state index contributed by atoms with van der Waals surface area (Å²) >= 11 is 6.57. The van der Waals surface area contributed by atoms with Crippen LogP contribution in [0.1, 0.15) is 6.92 Å². The summed E-state index contributed by atoms with van der Waals surface area (Å²) in [6, 6.07) is 1.38. The highest BCUT2D eigenvalue weighted by Crippen LogP contribution is 2.29. The molecule has 0 atom stereocenters. The third-order valence-corrected chi connectivity index (χ3v) is 2.18. The molecule has 78 valence electrons. The second-order valence-corrected chi connectivity index (χ2v) is 3.41. The van der Waals surface area contributed by atoms with Crippen molar-refractivity contribution < 1.29 is 14.5 Å². The number of hydrogen-bond acceptors (Lipinski definition) is 5. The summed E-state index contributed by atoms with van der Waals surface area (Å²) in [5.41, 5.74) is -0.0123. The van der Waals surface area contributed by atoms with Gasteiger partial charge in [0.05, 0.1) is 11.5 Å². The first-order valence-corrected chi connectivity index (χ1v) is 4.81. The molecule has 1 aromatic heterocycles. The Morgan fingerprint density at radius 2 is 2.43 bits per heavy atom. The Morgan fingerprint density at radius 3 is 2.57 bits per heavy atom. The average molecular weight is 238 g/mol. The van der Waals surface area contributed by atoms with E-state index >= 15 is 0 Å². The number of hydrogen-bond donors (Lipinski definition) is 0. The molecule has 0 spiro atoms. The van der Waals surface area contributed by atoms with Gasteiger partial charge >= 0.3 is 0 Å². The molecule has 7 heteroatoms. The first-order chi connectivity index (χ1) is 6.63. The lowest BCUT2D eigenvalue weighted by molar-refractivity contribution is -0.384. The van der Waals surface area contributed by atoms with E-state index in [9.17, 15) is 14.9 Å². The fourth-order valence-corrected chi connectivity index (χ4v) is 1.35. The Balaban J connectivity index is 0.000000292. The number of carbonyl (C=O) groups excluding carboxylic acids is 1. The van der Waals surface area contributed by atoms with Crippen LogP contribution >= 0.6 is 22.9 Å². The number of rotatable bonds is 3. The molecular weight excluding hydrogens is 230 g/mol. The van der Waals surface area contributed by atoms with Crippen molar-refractivity contribution >= 4 is 35.1 Å². The highest BCUT2D eigenvalue weighted by atomic mass is 35.5. The summed E-state index contributed by atoms with van der Waals surface area (Å²) < 4.78 is 4.39. The van der Waals surface area contributed by atoms with Crippen LogP contribution in [0, 0.1) is 10.1 Å². The second kappa shape index (κ2) is 7.28. The van der Waals surface area contributed by atoms with Crippen molar-refractivity contribution in [1.29, 1.82) is 0 Å². The molecule has 0 aliphatic rings. The van der Waals surface area contributed by atoms with E-state index in [1.165, 1.54) is 6.07 Å². The summed E-state index contributed by atoms with van der Waals surface area (Å²) in [5.74, 6) is 0. The molecule has 0 N–H and O–H groups in total. The maximum Gasteiger partial charge on any atom is 0.298 e. The highest BCUT2D eigenvalue weighted by molar-refractivity contribution is 7.14. The fraction of sp³-hybridized carbons (Fsp3) is 0.286. The van der Waals surface area contributed by atoms with Gasteiger partial charge in [-0.2, -0.15) is 0 Å². The van der Waals surface area contributed by atoms with Crippen molar-refractivity contribution in [1.82, 2.24) is 0 Å². The van der Waals surface area contributed by atoms with Gasteiger partial charge in [0, 0.05) is 6.07 Å². The maximum atomic E-state index is 10.0. The molecule has 14 heavy (non-hydrogen) atoms. The second-order valence-electron chi connectivity index (χ2n) is 1.89. The molecule has 0 aliphatic heterocycles. The van der Waals surface area contributed by atoms with Gasteiger partial charge in [-0.1, -0.05) is 11.6 Å². The summed E-state index contributed by atoms with van der Waals surface area (Å²) in [4.78, 5) is 18.7. The van der Waals surface area contributed by atoms with Crippen LogP contribution in [0.2, 0.25) is 4.34 Å². The van der Waals surface area contributed by atoms with Crippen LogP contribution in [-0.2, 0) is 9.53 Å². The highest BCUT2D eigenvalue weighted by Gasteiger charge is 2.11. The monoisotopic (exact) mass is 237 g/mol. The molecule has 1 aromatic rings. The van der Waals surface area contributed by atoms with E-state index < -0.39 is 4.92 Å². The van der Waals surface area contributed by atoms with Crippen molar-refractivity contribution in [2.75, 3.05) is 6.61 Å². The first-order valence-electron chi connectivity index (χ1n) is 3.56. The normalized spacial score (nSPS) is 8.43. The van der Waals surface area contributed by atoms with Gasteiger partial charge in [-0.25, -0.2) is 0 Å². The number of thiophene rings is 1. The van der Waals surface area contributed by atoms with Gasteiger partial charge < -0.3 is 4.74 Å². The third kappa shape index (κ3) is 4.78. The summed E-state index contributed by atoms with van der Waals surface area (Å²) in [6.45, 7) is 2.66. The van der Waals surface area contributed by atoms with Gasteiger partial charge in [-0.15, -0.1) is 11.3 Å². The standard InChI is InChI=1S/C4H2ClNO2S.C3H6O2/c5-4-3(6(7)8)1-2-9-4;1-2-5-3-4/h1-2H;3H,2H2,1H3. The minimum absolute atomic E-state index is 0.0123. The minimum atomic E-state index is -0.501. The van der Waals surface area contributed by atoms with Crippen LogP contribution < -0.4 is 0 Å². The summed E-state index contributed by atoms with van der Waals surface area (Å²) in [5, 5.41) is 11.6. The van der Waals surface area contributed by atoms with Gasteiger partial charge in [-0.05, 0) is 12.3 Å². The van der Waals surface area contributed by atoms with Crippen LogP contribution in [0.15, 0.2) is 11.4 Å². The van der Waals surface area contributed by atoms with Gasteiger partial charge in [0.15, 0.2) is 4.34 Å². The zero-order valence-electron chi connectivity index (χ0n) is 7.31. The van der Waals surface area contributed by atoms with Gasteiger partial charge in [0.1, 0.15) is 0 Å². The third-order valence-electron chi connectivity index (χ3n) is 1.03. The molecule has 0 bridgehead atoms. The lowest BCUT2D eigenvalue weighted by Gasteiger charge is -1.81. The average Bonchev–Trinajstić information content (AvgIpc) is 2.54. The summed E-state index contributed by atoms with van der Waals surface area (Å²) in [6.07, 6.45) is 0. The van der Waals surface area contributed by atoms with E-state index in [0.29, 0.717) is 13.1 Å². The molecule has 0 aromatic carbocycles. The van der Waals surface area contributed by atoms with Crippen molar-refractivity contribution in [3.8, 4) is 0 Å². The quantitative estimate of drug-likeness (QED) is 0.460. The van der Waals surface area contributed by atoms with Crippen LogP contribution in [0.25, 0.3) is 0 Å². The van der Waals surface area contributed by atoms with Gasteiger partial charge in [0.25, 0.3) is 12.2 Å². The van der Waals surface area contributed by atoms with E-state index in [0.717, 1.165) is 11.3 Å². The SMILES string of the molecule is CCOC=O.O=[N+]([O-])c1ccsc1Cl. The largest absolute Gasteiger partial charge is 0.468 e. The Kier molecular flexibility index (Phi) is 6.69. The van der Waals surface area contributed by atoms with E-state index in [-0.39, 0.29) is 10.0 Å². The van der Waals surface area contributed by atoms with Crippen molar-refractivity contribution in [2.45, 2.75) is 6.92 Å². The topological polar surface area (TPSA) is 69.4 Å². The van der Waals surface area contributed by atoms with Crippen molar-refractivity contribution in [3.63, 3.8) is 0 Å². The molecule has 0 amide bonds. The Morgan fingerprint density at radius 1 is 1.79 bits per heavy atom. The predicted molar refractivity (Wildman–Crippen MR) is 53.7 cm³/mol. The molecule has 1 heterocycles. The predicted octanol–water partition coefficient (Wildman–Crippen LogP) is 2.49. The van der Waals surface area contributed by atoms with Crippen LogP contribution in [0.4, 0.5) is 5.69 Å². The first kappa shape index (κ1) is 12.9. The number of nitrogens with zero attached hydrogens (tertiary/aromatic N) is 1. The maximum absolute atomic E-state index is 10.0. The molecule has 0 fully saturated rings. The molecule has 0 radical (unpaired) electrons. The van der Waals surface area contributed by atoms with Crippen LogP contribution in [0.5, 0.6) is 0 Å². The fourth-order valence-electron chi connectivity index (χ4n) is 0.485. The number of nitro groups is 1. The molecule has 0 aliphatic carbocycles. The minimum Gasteiger partial charge on any atom is -0.468 e. The summed E-state index contributed by atoms with van der Waals surface area (Å²) in [7, 11) is 0. The molecule has 5 nitrogen and oxygen atoms in total. The van der Waals surface area contributed by atoms with E-state index in [1.807, 2.05) is 0 Å². The number of ether oxygens (including phenoxy) is 1. The van der Waals surface area contributed by atoms with Gasteiger partial charge in [-0.3, -0.25) is 14.9 Å².